The molecule has 0 aliphatic carbocycles. The van der Waals surface area contributed by atoms with Gasteiger partial charge in [-0.3, -0.25) is 4.79 Å². The summed E-state index contributed by atoms with van der Waals surface area (Å²) in [6.45, 7) is 1.95. The van der Waals surface area contributed by atoms with Gasteiger partial charge in [0.2, 0.25) is 0 Å². The number of esters is 1. The van der Waals surface area contributed by atoms with Crippen molar-refractivity contribution in [3.05, 3.63) is 101 Å². The minimum atomic E-state index is -0.744. The highest BCUT2D eigenvalue weighted by Gasteiger charge is 2.19. The zero-order chi connectivity index (χ0) is 21.3. The molecule has 3 aromatic carbocycles. The van der Waals surface area contributed by atoms with Gasteiger partial charge in [-0.15, -0.1) is 0 Å². The molecule has 1 N–H and O–H groups in total. The van der Waals surface area contributed by atoms with Crippen LogP contribution in [0.15, 0.2) is 84.0 Å². The SMILES string of the molecule is CO[C@@H](C(=O)N/N=C\c1ccc(OC(=O)c2ccc(C)cc2)cc1)c1ccccc1. The predicted octanol–water partition coefficient (Wildman–Crippen LogP) is 4.05. The number of rotatable bonds is 7. The number of carbonyl (C=O) groups is 2. The molecule has 6 heteroatoms. The first kappa shape index (κ1) is 21.0. The molecule has 0 bridgehead atoms. The number of hydrogen-bond acceptors (Lipinski definition) is 5. The van der Waals surface area contributed by atoms with Crippen LogP contribution >= 0.6 is 0 Å². The summed E-state index contributed by atoms with van der Waals surface area (Å²) in [5.74, 6) is -0.371. The Balaban J connectivity index is 1.56. The van der Waals surface area contributed by atoms with Gasteiger partial charge in [-0.2, -0.15) is 5.10 Å². The highest BCUT2D eigenvalue weighted by Crippen LogP contribution is 2.16. The summed E-state index contributed by atoms with van der Waals surface area (Å²) < 4.78 is 10.6. The fraction of sp³-hybridized carbons (Fsp3) is 0.125. The summed E-state index contributed by atoms with van der Waals surface area (Å²) in [5.41, 5.74) is 5.51. The molecule has 0 aliphatic rings. The smallest absolute Gasteiger partial charge is 0.343 e. The number of benzene rings is 3. The molecule has 0 unspecified atom stereocenters. The predicted molar refractivity (Wildman–Crippen MR) is 115 cm³/mol. The van der Waals surface area contributed by atoms with E-state index in [9.17, 15) is 9.59 Å². The van der Waals surface area contributed by atoms with Crippen molar-refractivity contribution in [3.8, 4) is 5.75 Å². The lowest BCUT2D eigenvalue weighted by atomic mass is 10.1. The number of methoxy groups -OCH3 is 1. The Morgan fingerprint density at radius 3 is 2.23 bits per heavy atom. The Labute approximate surface area is 175 Å². The molecule has 0 heterocycles. The van der Waals surface area contributed by atoms with Gasteiger partial charge in [-0.05, 0) is 54.4 Å². The molecule has 152 valence electrons. The normalized spacial score (nSPS) is 11.8. The second kappa shape index (κ2) is 10.1. The standard InChI is InChI=1S/C24H22N2O4/c1-17-8-12-20(13-9-17)24(28)30-21-14-10-18(11-15-21)16-25-26-23(27)22(29-2)19-6-4-3-5-7-19/h3-16,22H,1-2H3,(H,26,27)/b25-16-/t22-/m1/s1. The number of ether oxygens (including phenoxy) is 2. The fourth-order valence-electron chi connectivity index (χ4n) is 2.73. The third kappa shape index (κ3) is 5.62. The molecule has 6 nitrogen and oxygen atoms in total. The lowest BCUT2D eigenvalue weighted by Gasteiger charge is -2.13. The number of nitrogens with zero attached hydrogens (tertiary/aromatic N) is 1. The first-order chi connectivity index (χ1) is 14.6. The summed E-state index contributed by atoms with van der Waals surface area (Å²) in [5, 5.41) is 3.97. The topological polar surface area (TPSA) is 77.0 Å². The summed E-state index contributed by atoms with van der Waals surface area (Å²) in [4.78, 5) is 24.4. The van der Waals surface area contributed by atoms with Gasteiger partial charge in [0.1, 0.15) is 5.75 Å². The average molecular weight is 402 g/mol. The number of hydrazone groups is 1. The minimum absolute atomic E-state index is 0.372. The molecular formula is C24H22N2O4. The summed E-state index contributed by atoms with van der Waals surface area (Å²) in [7, 11) is 1.47. The molecule has 0 spiro atoms. The van der Waals surface area contributed by atoms with Gasteiger partial charge in [-0.1, -0.05) is 48.0 Å². The van der Waals surface area contributed by atoms with E-state index in [4.69, 9.17) is 9.47 Å². The number of hydrogen-bond donors (Lipinski definition) is 1. The Morgan fingerprint density at radius 2 is 1.60 bits per heavy atom. The van der Waals surface area contributed by atoms with Crippen molar-refractivity contribution in [3.63, 3.8) is 0 Å². The molecule has 1 amide bonds. The number of nitrogens with one attached hydrogen (secondary N) is 1. The third-order valence-electron chi connectivity index (χ3n) is 4.34. The maximum Gasteiger partial charge on any atom is 0.343 e. The van der Waals surface area contributed by atoms with E-state index in [2.05, 4.69) is 10.5 Å². The zero-order valence-corrected chi connectivity index (χ0v) is 16.7. The molecule has 3 rings (SSSR count). The van der Waals surface area contributed by atoms with E-state index >= 15 is 0 Å². The van der Waals surface area contributed by atoms with E-state index < -0.39 is 12.1 Å². The van der Waals surface area contributed by atoms with E-state index in [-0.39, 0.29) is 5.91 Å². The molecule has 0 radical (unpaired) electrons. The summed E-state index contributed by atoms with van der Waals surface area (Å²) in [6.07, 6.45) is 0.758. The van der Waals surface area contributed by atoms with Crippen LogP contribution in [-0.4, -0.2) is 25.2 Å². The van der Waals surface area contributed by atoms with Gasteiger partial charge in [0.15, 0.2) is 6.10 Å². The largest absolute Gasteiger partial charge is 0.423 e. The third-order valence-corrected chi connectivity index (χ3v) is 4.34. The van der Waals surface area contributed by atoms with Crippen molar-refractivity contribution in [1.82, 2.24) is 5.43 Å². The van der Waals surface area contributed by atoms with Crippen LogP contribution in [0.1, 0.15) is 33.2 Å². The van der Waals surface area contributed by atoms with Crippen LogP contribution in [-0.2, 0) is 9.53 Å². The quantitative estimate of drug-likeness (QED) is 0.280. The van der Waals surface area contributed by atoms with Crippen molar-refractivity contribution in [2.24, 2.45) is 5.10 Å². The van der Waals surface area contributed by atoms with Crippen molar-refractivity contribution >= 4 is 18.1 Å². The Morgan fingerprint density at radius 1 is 0.933 bits per heavy atom. The molecule has 0 aliphatic heterocycles. The van der Waals surface area contributed by atoms with Crippen LogP contribution in [0.2, 0.25) is 0 Å². The van der Waals surface area contributed by atoms with Crippen LogP contribution in [0.4, 0.5) is 0 Å². The van der Waals surface area contributed by atoms with Gasteiger partial charge < -0.3 is 9.47 Å². The van der Waals surface area contributed by atoms with Crippen molar-refractivity contribution in [2.45, 2.75) is 13.0 Å². The van der Waals surface area contributed by atoms with Crippen LogP contribution in [0, 0.1) is 6.92 Å². The van der Waals surface area contributed by atoms with E-state index in [0.717, 1.165) is 16.7 Å². The van der Waals surface area contributed by atoms with Crippen LogP contribution in [0.25, 0.3) is 0 Å². The van der Waals surface area contributed by atoms with Gasteiger partial charge in [0, 0.05) is 7.11 Å². The van der Waals surface area contributed by atoms with Crippen LogP contribution in [0.3, 0.4) is 0 Å². The van der Waals surface area contributed by atoms with E-state index in [1.165, 1.54) is 13.3 Å². The zero-order valence-electron chi connectivity index (χ0n) is 16.7. The first-order valence-corrected chi connectivity index (χ1v) is 9.36. The van der Waals surface area contributed by atoms with Gasteiger partial charge in [0.25, 0.3) is 5.91 Å². The lowest BCUT2D eigenvalue weighted by molar-refractivity contribution is -0.131. The molecular weight excluding hydrogens is 380 g/mol. The van der Waals surface area contributed by atoms with E-state index in [0.29, 0.717) is 11.3 Å². The van der Waals surface area contributed by atoms with E-state index in [1.54, 1.807) is 36.4 Å². The molecule has 0 saturated carbocycles. The highest BCUT2D eigenvalue weighted by molar-refractivity contribution is 5.91. The summed E-state index contributed by atoms with van der Waals surface area (Å²) >= 11 is 0. The number of aryl methyl sites for hydroxylation is 1. The monoisotopic (exact) mass is 402 g/mol. The Hall–Kier alpha value is -3.77. The average Bonchev–Trinajstić information content (AvgIpc) is 2.77. The van der Waals surface area contributed by atoms with Crippen LogP contribution in [0.5, 0.6) is 5.75 Å². The van der Waals surface area contributed by atoms with Gasteiger partial charge in [-0.25, -0.2) is 10.2 Å². The minimum Gasteiger partial charge on any atom is -0.423 e. The second-order valence-electron chi connectivity index (χ2n) is 6.59. The van der Waals surface area contributed by atoms with Gasteiger partial charge >= 0.3 is 5.97 Å². The molecule has 30 heavy (non-hydrogen) atoms. The van der Waals surface area contributed by atoms with Crippen molar-refractivity contribution < 1.29 is 19.1 Å². The molecule has 3 aromatic rings. The molecule has 0 fully saturated rings. The van der Waals surface area contributed by atoms with Gasteiger partial charge in [0.05, 0.1) is 11.8 Å². The molecule has 0 saturated heterocycles. The van der Waals surface area contributed by atoms with Crippen molar-refractivity contribution in [2.75, 3.05) is 7.11 Å². The molecule has 1 atom stereocenters. The Bertz CT molecular complexity index is 1010. The first-order valence-electron chi connectivity index (χ1n) is 9.36. The maximum absolute atomic E-state index is 12.3. The number of carbonyl (C=O) groups excluding carboxylic acids is 2. The highest BCUT2D eigenvalue weighted by atomic mass is 16.5. The van der Waals surface area contributed by atoms with Crippen LogP contribution < -0.4 is 10.2 Å². The fourth-order valence-corrected chi connectivity index (χ4v) is 2.73. The second-order valence-corrected chi connectivity index (χ2v) is 6.59. The van der Waals surface area contributed by atoms with Crippen molar-refractivity contribution in [1.29, 1.82) is 0 Å². The summed E-state index contributed by atoms with van der Waals surface area (Å²) in [6, 6.07) is 23.1. The number of amides is 1. The lowest BCUT2D eigenvalue weighted by Crippen LogP contribution is -2.26. The Kier molecular flexibility index (Phi) is 7.08. The maximum atomic E-state index is 12.3. The van der Waals surface area contributed by atoms with E-state index in [1.807, 2.05) is 49.4 Å². The molecule has 0 aromatic heterocycles.